The van der Waals surface area contributed by atoms with E-state index in [0.717, 1.165) is 42.9 Å². The lowest BCUT2D eigenvalue weighted by Crippen LogP contribution is -2.39. The summed E-state index contributed by atoms with van der Waals surface area (Å²) in [6.45, 7) is 2.99. The summed E-state index contributed by atoms with van der Waals surface area (Å²) in [4.78, 5) is 2.60. The van der Waals surface area contributed by atoms with Crippen LogP contribution in [0.15, 0.2) is 0 Å². The molecule has 19 heavy (non-hydrogen) atoms. The van der Waals surface area contributed by atoms with E-state index in [4.69, 9.17) is 18.0 Å². The maximum atomic E-state index is 9.64. The van der Waals surface area contributed by atoms with Gasteiger partial charge in [-0.15, -0.1) is 0 Å². The number of aliphatic hydroxyl groups excluding tert-OH is 1. The van der Waals surface area contributed by atoms with Gasteiger partial charge in [0.1, 0.15) is 10.8 Å². The highest BCUT2D eigenvalue weighted by Gasteiger charge is 2.27. The fraction of sp³-hybridized carbons (Fsp3) is 0.692. The topological polar surface area (TPSA) is 67.3 Å². The molecule has 1 unspecified atom stereocenters. The van der Waals surface area contributed by atoms with Crippen molar-refractivity contribution >= 4 is 23.0 Å². The Morgan fingerprint density at radius 2 is 2.21 bits per heavy atom. The normalized spacial score (nSPS) is 20.4. The molecule has 1 fully saturated rings. The van der Waals surface area contributed by atoms with Gasteiger partial charge in [0.2, 0.25) is 0 Å². The number of hydrogen-bond donors (Lipinski definition) is 2. The first-order valence-electron chi connectivity index (χ1n) is 6.77. The SMILES string of the molecule is Cc1nn(C)c(N2CCCCCC2CO)c1C(N)=S. The molecule has 106 valence electrons. The van der Waals surface area contributed by atoms with Crippen molar-refractivity contribution in [1.29, 1.82) is 0 Å². The van der Waals surface area contributed by atoms with Crippen molar-refractivity contribution in [2.24, 2.45) is 12.8 Å². The van der Waals surface area contributed by atoms with Gasteiger partial charge in [-0.1, -0.05) is 25.1 Å². The number of rotatable bonds is 3. The van der Waals surface area contributed by atoms with Gasteiger partial charge in [0.05, 0.1) is 23.9 Å². The van der Waals surface area contributed by atoms with E-state index in [1.54, 1.807) is 0 Å². The number of aliphatic hydroxyl groups is 1. The van der Waals surface area contributed by atoms with Crippen LogP contribution in [0, 0.1) is 6.92 Å². The molecule has 0 aromatic carbocycles. The summed E-state index contributed by atoms with van der Waals surface area (Å²) in [5.41, 5.74) is 7.55. The molecule has 6 heteroatoms. The average Bonchev–Trinajstić information content (AvgIpc) is 2.53. The van der Waals surface area contributed by atoms with Crippen molar-refractivity contribution in [2.45, 2.75) is 38.6 Å². The minimum absolute atomic E-state index is 0.130. The highest BCUT2D eigenvalue weighted by molar-refractivity contribution is 7.80. The second-order valence-electron chi connectivity index (χ2n) is 5.15. The van der Waals surface area contributed by atoms with Gasteiger partial charge in [-0.2, -0.15) is 5.10 Å². The summed E-state index contributed by atoms with van der Waals surface area (Å²) in [6, 6.07) is 0.130. The Balaban J connectivity index is 2.46. The van der Waals surface area contributed by atoms with Gasteiger partial charge in [0.15, 0.2) is 0 Å². The molecule has 1 aromatic heterocycles. The zero-order valence-electron chi connectivity index (χ0n) is 11.6. The first-order chi connectivity index (χ1) is 9.06. The van der Waals surface area contributed by atoms with Gasteiger partial charge in [-0.25, -0.2) is 0 Å². The number of nitrogens with two attached hydrogens (primary N) is 1. The molecular formula is C13H22N4OS. The molecule has 1 aromatic rings. The van der Waals surface area contributed by atoms with Crippen LogP contribution in [-0.2, 0) is 7.05 Å². The van der Waals surface area contributed by atoms with Crippen LogP contribution in [-0.4, -0.2) is 39.1 Å². The van der Waals surface area contributed by atoms with Crippen molar-refractivity contribution in [3.05, 3.63) is 11.3 Å². The summed E-state index contributed by atoms with van der Waals surface area (Å²) in [5, 5.41) is 14.1. The molecule has 0 radical (unpaired) electrons. The van der Waals surface area contributed by atoms with Crippen LogP contribution in [0.4, 0.5) is 5.82 Å². The van der Waals surface area contributed by atoms with Gasteiger partial charge in [-0.05, 0) is 19.8 Å². The first-order valence-corrected chi connectivity index (χ1v) is 7.18. The molecular weight excluding hydrogens is 260 g/mol. The molecule has 0 aliphatic carbocycles. The Hall–Kier alpha value is -1.14. The second kappa shape index (κ2) is 5.88. The van der Waals surface area contributed by atoms with Crippen molar-refractivity contribution < 1.29 is 5.11 Å². The maximum Gasteiger partial charge on any atom is 0.137 e. The second-order valence-corrected chi connectivity index (χ2v) is 5.59. The summed E-state index contributed by atoms with van der Waals surface area (Å²) in [7, 11) is 1.91. The lowest BCUT2D eigenvalue weighted by atomic mass is 10.1. The minimum Gasteiger partial charge on any atom is -0.394 e. The van der Waals surface area contributed by atoms with E-state index in [1.807, 2.05) is 18.7 Å². The lowest BCUT2D eigenvalue weighted by molar-refractivity contribution is 0.254. The Bertz CT molecular complexity index is 471. The molecule has 1 aliphatic heterocycles. The number of anilines is 1. The molecule has 0 saturated carbocycles. The zero-order chi connectivity index (χ0) is 14.0. The third kappa shape index (κ3) is 2.74. The van der Waals surface area contributed by atoms with Gasteiger partial charge in [-0.3, -0.25) is 4.68 Å². The fourth-order valence-corrected chi connectivity index (χ4v) is 3.15. The number of aryl methyl sites for hydroxylation is 2. The molecule has 3 N–H and O–H groups in total. The van der Waals surface area contributed by atoms with Gasteiger partial charge < -0.3 is 15.7 Å². The number of nitrogens with zero attached hydrogens (tertiary/aromatic N) is 3. The molecule has 1 saturated heterocycles. The van der Waals surface area contributed by atoms with Crippen molar-refractivity contribution in [3.8, 4) is 0 Å². The summed E-state index contributed by atoms with van der Waals surface area (Å²) in [5.74, 6) is 0.950. The monoisotopic (exact) mass is 282 g/mol. The van der Waals surface area contributed by atoms with Crippen molar-refractivity contribution in [1.82, 2.24) is 9.78 Å². The Morgan fingerprint density at radius 3 is 2.84 bits per heavy atom. The zero-order valence-corrected chi connectivity index (χ0v) is 12.4. The summed E-state index contributed by atoms with van der Waals surface area (Å²) >= 11 is 5.16. The first kappa shape index (κ1) is 14.3. The smallest absolute Gasteiger partial charge is 0.137 e. The van der Waals surface area contributed by atoms with Crippen LogP contribution in [0.25, 0.3) is 0 Å². The van der Waals surface area contributed by atoms with Crippen LogP contribution in [0.5, 0.6) is 0 Å². The molecule has 2 rings (SSSR count). The lowest BCUT2D eigenvalue weighted by Gasteiger charge is -2.31. The fourth-order valence-electron chi connectivity index (χ4n) is 2.91. The summed E-state index contributed by atoms with van der Waals surface area (Å²) < 4.78 is 1.83. The molecule has 1 aliphatic rings. The maximum absolute atomic E-state index is 9.64. The van der Waals surface area contributed by atoms with Crippen molar-refractivity contribution in [3.63, 3.8) is 0 Å². The van der Waals surface area contributed by atoms with E-state index in [1.165, 1.54) is 6.42 Å². The van der Waals surface area contributed by atoms with E-state index in [-0.39, 0.29) is 12.6 Å². The van der Waals surface area contributed by atoms with Gasteiger partial charge in [0, 0.05) is 13.6 Å². The van der Waals surface area contributed by atoms with Crippen LogP contribution in [0.3, 0.4) is 0 Å². The predicted molar refractivity (Wildman–Crippen MR) is 80.5 cm³/mol. The molecule has 0 amide bonds. The van der Waals surface area contributed by atoms with Gasteiger partial charge >= 0.3 is 0 Å². The van der Waals surface area contributed by atoms with Crippen LogP contribution in [0.2, 0.25) is 0 Å². The van der Waals surface area contributed by atoms with E-state index in [2.05, 4.69) is 10.00 Å². The van der Waals surface area contributed by atoms with E-state index < -0.39 is 0 Å². The highest BCUT2D eigenvalue weighted by Crippen LogP contribution is 2.28. The van der Waals surface area contributed by atoms with Crippen LogP contribution in [0.1, 0.15) is 36.9 Å². The number of aromatic nitrogens is 2. The van der Waals surface area contributed by atoms with E-state index in [0.29, 0.717) is 4.99 Å². The largest absolute Gasteiger partial charge is 0.394 e. The Kier molecular flexibility index (Phi) is 4.42. The average molecular weight is 282 g/mol. The van der Waals surface area contributed by atoms with E-state index in [9.17, 15) is 5.11 Å². The van der Waals surface area contributed by atoms with Crippen LogP contribution < -0.4 is 10.6 Å². The highest BCUT2D eigenvalue weighted by atomic mass is 32.1. The van der Waals surface area contributed by atoms with Gasteiger partial charge in [0.25, 0.3) is 0 Å². The Morgan fingerprint density at radius 1 is 1.47 bits per heavy atom. The summed E-state index contributed by atoms with van der Waals surface area (Å²) in [6.07, 6.45) is 4.47. The minimum atomic E-state index is 0.130. The van der Waals surface area contributed by atoms with Crippen LogP contribution >= 0.6 is 12.2 Å². The number of hydrogen-bond acceptors (Lipinski definition) is 4. The van der Waals surface area contributed by atoms with E-state index >= 15 is 0 Å². The third-order valence-electron chi connectivity index (χ3n) is 3.80. The molecule has 2 heterocycles. The third-order valence-corrected chi connectivity index (χ3v) is 4.00. The molecule has 1 atom stereocenters. The molecule has 5 nitrogen and oxygen atoms in total. The standard InChI is InChI=1S/C13H22N4OS/c1-9-11(12(14)19)13(16(2)15-9)17-7-5-3-4-6-10(17)8-18/h10,18H,3-8H2,1-2H3,(H2,14,19). The molecule has 0 spiro atoms. The number of thiocarbonyl (C=S) groups is 1. The quantitative estimate of drug-likeness (QED) is 0.813. The predicted octanol–water partition coefficient (Wildman–Crippen LogP) is 1.10. The molecule has 0 bridgehead atoms. The Labute approximate surface area is 119 Å². The van der Waals surface area contributed by atoms with Crippen molar-refractivity contribution in [2.75, 3.05) is 18.1 Å².